The molecule has 1 aromatic heterocycles. The van der Waals surface area contributed by atoms with E-state index in [1.165, 1.54) is 23.8 Å². The van der Waals surface area contributed by atoms with Crippen LogP contribution in [0.15, 0.2) is 42.5 Å². The summed E-state index contributed by atoms with van der Waals surface area (Å²) < 4.78 is 0. The number of anilines is 2. The van der Waals surface area contributed by atoms with Crippen molar-refractivity contribution >= 4 is 34.5 Å². The molecule has 5 nitrogen and oxygen atoms in total. The van der Waals surface area contributed by atoms with Gasteiger partial charge in [0, 0.05) is 23.9 Å². The van der Waals surface area contributed by atoms with Crippen molar-refractivity contribution in [3.8, 4) is 10.6 Å². The molecule has 0 aliphatic carbocycles. The Labute approximate surface area is 168 Å². The van der Waals surface area contributed by atoms with E-state index < -0.39 is 0 Å². The fraction of sp³-hybridized carbons (Fsp3) is 0.227. The first kappa shape index (κ1) is 19.8. The average molecular weight is 394 g/mol. The molecule has 0 aliphatic rings. The molecule has 0 fully saturated rings. The highest BCUT2D eigenvalue weighted by molar-refractivity contribution is 7.17. The lowest BCUT2D eigenvalue weighted by Crippen LogP contribution is -2.14. The van der Waals surface area contributed by atoms with Crippen molar-refractivity contribution in [3.63, 3.8) is 0 Å². The van der Waals surface area contributed by atoms with Gasteiger partial charge in [0.25, 0.3) is 5.91 Å². The zero-order chi connectivity index (χ0) is 20.3. The Morgan fingerprint density at radius 1 is 1.00 bits per heavy atom. The second kappa shape index (κ2) is 8.35. The molecule has 0 unspecified atom stereocenters. The zero-order valence-electron chi connectivity index (χ0n) is 16.4. The van der Waals surface area contributed by atoms with Crippen LogP contribution in [0, 0.1) is 13.8 Å². The topological polar surface area (TPSA) is 71.1 Å². The molecule has 1 heterocycles. The number of hydrogen-bond acceptors (Lipinski definition) is 4. The van der Waals surface area contributed by atoms with E-state index in [0.717, 1.165) is 22.6 Å². The molecule has 0 saturated heterocycles. The minimum absolute atomic E-state index is 0.149. The van der Waals surface area contributed by atoms with Crippen LogP contribution in [0.2, 0.25) is 0 Å². The number of nitrogens with zero attached hydrogens (tertiary/aromatic N) is 1. The Bertz CT molecular complexity index is 1020. The smallest absolute Gasteiger partial charge is 0.267 e. The lowest BCUT2D eigenvalue weighted by Gasteiger charge is -2.12. The summed E-state index contributed by atoms with van der Waals surface area (Å²) >= 11 is 1.38. The quantitative estimate of drug-likeness (QED) is 0.626. The summed E-state index contributed by atoms with van der Waals surface area (Å²) in [6.07, 6.45) is 0.988. The van der Waals surface area contributed by atoms with Crippen molar-refractivity contribution in [1.82, 2.24) is 4.98 Å². The number of carbonyl (C=O) groups is 2. The number of aromatic nitrogens is 1. The molecular formula is C22H23N3O2S. The third-order valence-electron chi connectivity index (χ3n) is 4.50. The Morgan fingerprint density at radius 3 is 2.25 bits per heavy atom. The van der Waals surface area contributed by atoms with Crippen LogP contribution in [0.5, 0.6) is 0 Å². The Morgan fingerprint density at radius 2 is 1.64 bits per heavy atom. The molecule has 0 radical (unpaired) electrons. The summed E-state index contributed by atoms with van der Waals surface area (Å²) in [4.78, 5) is 29.3. The van der Waals surface area contributed by atoms with Crippen LogP contribution in [0.3, 0.4) is 0 Å². The zero-order valence-corrected chi connectivity index (χ0v) is 17.2. The van der Waals surface area contributed by atoms with Gasteiger partial charge in [-0.15, -0.1) is 11.3 Å². The van der Waals surface area contributed by atoms with E-state index in [0.29, 0.717) is 21.9 Å². The van der Waals surface area contributed by atoms with Gasteiger partial charge in [0.05, 0.1) is 5.69 Å². The summed E-state index contributed by atoms with van der Waals surface area (Å²) in [5.41, 5.74) is 5.13. The van der Waals surface area contributed by atoms with Gasteiger partial charge in [0.15, 0.2) is 0 Å². The first-order valence-corrected chi connectivity index (χ1v) is 9.96. The van der Waals surface area contributed by atoms with Crippen LogP contribution in [0.25, 0.3) is 10.6 Å². The van der Waals surface area contributed by atoms with Crippen LogP contribution < -0.4 is 10.6 Å². The second-order valence-electron chi connectivity index (χ2n) is 6.60. The molecule has 2 N–H and O–H groups in total. The van der Waals surface area contributed by atoms with E-state index in [1.807, 2.05) is 38.1 Å². The molecular weight excluding hydrogens is 370 g/mol. The Hall–Kier alpha value is -2.99. The van der Waals surface area contributed by atoms with E-state index in [9.17, 15) is 9.59 Å². The van der Waals surface area contributed by atoms with Crippen LogP contribution in [-0.2, 0) is 11.2 Å². The Balaban J connectivity index is 1.84. The van der Waals surface area contributed by atoms with E-state index in [1.54, 1.807) is 6.07 Å². The fourth-order valence-corrected chi connectivity index (χ4v) is 3.86. The normalized spacial score (nSPS) is 10.6. The minimum Gasteiger partial charge on any atom is -0.326 e. The lowest BCUT2D eigenvalue weighted by atomic mass is 10.1. The van der Waals surface area contributed by atoms with Crippen molar-refractivity contribution in [3.05, 3.63) is 64.2 Å². The van der Waals surface area contributed by atoms with Gasteiger partial charge in [-0.05, 0) is 43.5 Å². The highest BCUT2D eigenvalue weighted by Gasteiger charge is 2.17. The molecule has 3 aromatic rings. The van der Waals surface area contributed by atoms with E-state index in [2.05, 4.69) is 34.7 Å². The number of rotatable bonds is 5. The van der Waals surface area contributed by atoms with Gasteiger partial charge in [-0.1, -0.05) is 37.3 Å². The molecule has 0 atom stereocenters. The van der Waals surface area contributed by atoms with Crippen LogP contribution in [0.4, 0.5) is 11.4 Å². The van der Waals surface area contributed by atoms with Gasteiger partial charge in [-0.2, -0.15) is 0 Å². The first-order chi connectivity index (χ1) is 13.4. The largest absolute Gasteiger partial charge is 0.326 e. The summed E-state index contributed by atoms with van der Waals surface area (Å²) in [5, 5.41) is 6.54. The van der Waals surface area contributed by atoms with Crippen molar-refractivity contribution in [2.45, 2.75) is 34.1 Å². The number of nitrogens with one attached hydrogen (secondary N) is 2. The Kier molecular flexibility index (Phi) is 5.90. The third kappa shape index (κ3) is 4.28. The maximum atomic E-state index is 12.8. The number of benzene rings is 2. The van der Waals surface area contributed by atoms with E-state index >= 15 is 0 Å². The molecule has 2 amide bonds. The summed E-state index contributed by atoms with van der Waals surface area (Å²) in [7, 11) is 0. The first-order valence-electron chi connectivity index (χ1n) is 9.14. The van der Waals surface area contributed by atoms with Gasteiger partial charge >= 0.3 is 0 Å². The third-order valence-corrected chi connectivity index (χ3v) is 5.71. The monoisotopic (exact) mass is 393 g/mol. The van der Waals surface area contributed by atoms with Crippen molar-refractivity contribution in [2.75, 3.05) is 10.6 Å². The lowest BCUT2D eigenvalue weighted by molar-refractivity contribution is -0.114. The molecule has 28 heavy (non-hydrogen) atoms. The predicted octanol–water partition coefficient (Wildman–Crippen LogP) is 5.20. The van der Waals surface area contributed by atoms with Crippen molar-refractivity contribution in [1.29, 1.82) is 0 Å². The van der Waals surface area contributed by atoms with Gasteiger partial charge in [-0.25, -0.2) is 4.98 Å². The summed E-state index contributed by atoms with van der Waals surface area (Å²) in [6.45, 7) is 7.28. The highest BCUT2D eigenvalue weighted by atomic mass is 32.1. The summed E-state index contributed by atoms with van der Waals surface area (Å²) in [6, 6.07) is 13.7. The van der Waals surface area contributed by atoms with Crippen LogP contribution in [0.1, 0.15) is 40.3 Å². The van der Waals surface area contributed by atoms with E-state index in [-0.39, 0.29) is 11.8 Å². The van der Waals surface area contributed by atoms with Crippen molar-refractivity contribution < 1.29 is 9.59 Å². The molecule has 3 rings (SSSR count). The van der Waals surface area contributed by atoms with Gasteiger partial charge in [0.2, 0.25) is 5.91 Å². The highest BCUT2D eigenvalue weighted by Crippen LogP contribution is 2.30. The number of thiazole rings is 1. The van der Waals surface area contributed by atoms with Crippen LogP contribution >= 0.6 is 11.3 Å². The number of amides is 2. The molecule has 144 valence electrons. The summed E-state index contributed by atoms with van der Waals surface area (Å²) in [5.74, 6) is -0.349. The predicted molar refractivity (Wildman–Crippen MR) is 115 cm³/mol. The number of aryl methyl sites for hydroxylation is 2. The maximum absolute atomic E-state index is 12.8. The standard InChI is InChI=1S/C22H23N3O2S/c1-5-16-9-11-17(12-10-16)22-23-14(3)20(28-22)21(27)25-19-8-6-7-18(13(19)2)24-15(4)26/h6-12H,5H2,1-4H3,(H,24,26)(H,25,27). The minimum atomic E-state index is -0.200. The SMILES string of the molecule is CCc1ccc(-c2nc(C)c(C(=O)Nc3cccc(NC(C)=O)c3C)s2)cc1. The molecule has 0 aliphatic heterocycles. The number of carbonyl (C=O) groups excluding carboxylic acids is 2. The van der Waals surface area contributed by atoms with Crippen LogP contribution in [-0.4, -0.2) is 16.8 Å². The molecule has 6 heteroatoms. The molecule has 0 bridgehead atoms. The second-order valence-corrected chi connectivity index (χ2v) is 7.60. The van der Waals surface area contributed by atoms with E-state index in [4.69, 9.17) is 0 Å². The van der Waals surface area contributed by atoms with Crippen molar-refractivity contribution in [2.24, 2.45) is 0 Å². The molecule has 2 aromatic carbocycles. The molecule has 0 saturated carbocycles. The average Bonchev–Trinajstić information content (AvgIpc) is 3.06. The number of hydrogen-bond donors (Lipinski definition) is 2. The van der Waals surface area contributed by atoms with Gasteiger partial charge < -0.3 is 10.6 Å². The van der Waals surface area contributed by atoms with Gasteiger partial charge in [0.1, 0.15) is 9.88 Å². The molecule has 0 spiro atoms. The fourth-order valence-electron chi connectivity index (χ4n) is 2.89. The maximum Gasteiger partial charge on any atom is 0.267 e. The van der Waals surface area contributed by atoms with Gasteiger partial charge in [-0.3, -0.25) is 9.59 Å².